The van der Waals surface area contributed by atoms with Crippen molar-refractivity contribution in [2.45, 2.75) is 38.0 Å². The Balaban J connectivity index is 1.25. The van der Waals surface area contributed by atoms with Crippen molar-refractivity contribution in [2.24, 2.45) is 0 Å². The Morgan fingerprint density at radius 1 is 0.518 bits per heavy atom. The van der Waals surface area contributed by atoms with Crippen LogP contribution in [-0.2, 0) is 0 Å². The lowest BCUT2D eigenvalue weighted by atomic mass is 9.79. The Morgan fingerprint density at radius 2 is 1.20 bits per heavy atom. The molecule has 0 aliphatic heterocycles. The Hall–Kier alpha value is -6.78. The van der Waals surface area contributed by atoms with E-state index in [-0.39, 0.29) is 0 Å². The number of hydrogen-bond donors (Lipinski definition) is 0. The molecule has 1 saturated carbocycles. The Morgan fingerprint density at radius 3 is 1.93 bits per heavy atom. The summed E-state index contributed by atoms with van der Waals surface area (Å²) in [5.41, 5.74) is 15.4. The summed E-state index contributed by atoms with van der Waals surface area (Å²) in [5, 5.41) is 3.49. The zero-order valence-corrected chi connectivity index (χ0v) is 31.0. The van der Waals surface area contributed by atoms with Gasteiger partial charge in [0, 0.05) is 33.5 Å². The van der Waals surface area contributed by atoms with Gasteiger partial charge in [0.25, 0.3) is 0 Å². The molecule has 0 unspecified atom stereocenters. The number of benzene rings is 7. The van der Waals surface area contributed by atoms with Crippen LogP contribution in [0, 0.1) is 0 Å². The molecule has 4 nitrogen and oxygen atoms in total. The zero-order chi connectivity index (χ0) is 37.0. The fourth-order valence-electron chi connectivity index (χ4n) is 9.26. The molecular weight excluding hydrogens is 683 g/mol. The lowest BCUT2D eigenvalue weighted by molar-refractivity contribution is 0.444. The normalized spacial score (nSPS) is 13.6. The summed E-state index contributed by atoms with van der Waals surface area (Å²) in [7, 11) is 0. The van der Waals surface area contributed by atoms with Gasteiger partial charge in [0.2, 0.25) is 5.89 Å². The van der Waals surface area contributed by atoms with Crippen LogP contribution >= 0.6 is 0 Å². The third-order valence-electron chi connectivity index (χ3n) is 11.9. The highest BCUT2D eigenvalue weighted by molar-refractivity contribution is 6.10. The smallest absolute Gasteiger partial charge is 0.227 e. The molecular formula is C52H39N3O. The van der Waals surface area contributed by atoms with Gasteiger partial charge in [0.05, 0.1) is 22.2 Å². The predicted octanol–water partition coefficient (Wildman–Crippen LogP) is 14.2. The number of hydrogen-bond acceptors (Lipinski definition) is 3. The summed E-state index contributed by atoms with van der Waals surface area (Å²) in [6.07, 6.45) is 8.12. The van der Waals surface area contributed by atoms with Gasteiger partial charge in [-0.05, 0) is 94.6 Å². The lowest BCUT2D eigenvalue weighted by Crippen LogP contribution is -2.07. The molecule has 3 aromatic heterocycles. The Kier molecular flexibility index (Phi) is 7.87. The second-order valence-corrected chi connectivity index (χ2v) is 15.2. The minimum atomic E-state index is 0.512. The van der Waals surface area contributed by atoms with Crippen molar-refractivity contribution < 1.29 is 4.42 Å². The maximum Gasteiger partial charge on any atom is 0.227 e. The highest BCUT2D eigenvalue weighted by Gasteiger charge is 2.25. The van der Waals surface area contributed by atoms with E-state index in [0.717, 1.165) is 55.4 Å². The first-order valence-corrected chi connectivity index (χ1v) is 19.8. The molecule has 1 aliphatic carbocycles. The average molecular weight is 722 g/mol. The van der Waals surface area contributed by atoms with E-state index in [2.05, 4.69) is 156 Å². The van der Waals surface area contributed by atoms with Gasteiger partial charge in [0.15, 0.2) is 5.58 Å². The van der Waals surface area contributed by atoms with Crippen LogP contribution in [0.5, 0.6) is 0 Å². The van der Waals surface area contributed by atoms with E-state index >= 15 is 0 Å². The molecule has 4 heteroatoms. The van der Waals surface area contributed by atoms with Crippen molar-refractivity contribution >= 4 is 43.8 Å². The van der Waals surface area contributed by atoms with Crippen molar-refractivity contribution in [3.63, 3.8) is 0 Å². The highest BCUT2D eigenvalue weighted by atomic mass is 16.3. The summed E-state index contributed by atoms with van der Waals surface area (Å²) >= 11 is 0. The molecule has 0 amide bonds. The molecule has 11 rings (SSSR count). The van der Waals surface area contributed by atoms with Gasteiger partial charge < -0.3 is 8.98 Å². The molecule has 7 aromatic carbocycles. The van der Waals surface area contributed by atoms with Crippen molar-refractivity contribution in [1.82, 2.24) is 14.5 Å². The molecule has 0 N–H and O–H groups in total. The largest absolute Gasteiger partial charge is 0.436 e. The van der Waals surface area contributed by atoms with Crippen LogP contribution < -0.4 is 0 Å². The van der Waals surface area contributed by atoms with E-state index in [9.17, 15) is 0 Å². The summed E-state index contributed by atoms with van der Waals surface area (Å²) in [6.45, 7) is 0. The standard InChI is InChI=1S/C52H39N3O/c1-4-15-34(16-5-1)40-28-26-38(31-43(40)35-17-6-2-7-18-35)49-44(36-19-8-3-9-20-36)32-39(52-54-51-48(56-52)29-27-37-21-14-30-53-50(37)51)33-47(49)55-45-24-12-10-22-41(45)42-23-11-13-25-46(42)55/h1,3-5,8-16,19-33,35H,2,6-7,17-18H2. The Labute approximate surface area is 325 Å². The molecule has 0 bridgehead atoms. The Bertz CT molecular complexity index is 3010. The quantitative estimate of drug-likeness (QED) is 0.172. The molecule has 0 radical (unpaired) electrons. The summed E-state index contributed by atoms with van der Waals surface area (Å²) < 4.78 is 9.11. The van der Waals surface area contributed by atoms with Gasteiger partial charge >= 0.3 is 0 Å². The summed E-state index contributed by atoms with van der Waals surface area (Å²) in [4.78, 5) is 9.89. The SMILES string of the molecule is c1ccc(-c2ccc(-c3c(-c4ccccc4)cc(-c4nc5c(ccc6cccnc65)o4)cc3-n3c4ccccc4c4ccccc43)cc2C2CCCCC2)cc1. The first kappa shape index (κ1) is 32.6. The van der Waals surface area contributed by atoms with Crippen molar-refractivity contribution in [1.29, 1.82) is 0 Å². The van der Waals surface area contributed by atoms with Crippen LogP contribution in [0.2, 0.25) is 0 Å². The van der Waals surface area contributed by atoms with Gasteiger partial charge in [-0.1, -0.05) is 141 Å². The molecule has 1 aliphatic rings. The first-order chi connectivity index (χ1) is 27.8. The van der Waals surface area contributed by atoms with E-state index in [4.69, 9.17) is 14.4 Å². The number of fused-ring (bicyclic) bond motifs is 6. The molecule has 0 saturated heterocycles. The number of rotatable bonds is 6. The van der Waals surface area contributed by atoms with Crippen LogP contribution in [0.1, 0.15) is 43.6 Å². The van der Waals surface area contributed by atoms with Crippen LogP contribution in [0.25, 0.3) is 94.3 Å². The van der Waals surface area contributed by atoms with E-state index in [1.807, 2.05) is 18.3 Å². The van der Waals surface area contributed by atoms with Gasteiger partial charge in [0.1, 0.15) is 5.52 Å². The molecule has 3 heterocycles. The zero-order valence-electron chi connectivity index (χ0n) is 31.0. The maximum atomic E-state index is 6.65. The highest BCUT2D eigenvalue weighted by Crippen LogP contribution is 2.47. The molecule has 56 heavy (non-hydrogen) atoms. The number of pyridine rings is 1. The van der Waals surface area contributed by atoms with Crippen LogP contribution in [0.15, 0.2) is 174 Å². The summed E-state index contributed by atoms with van der Waals surface area (Å²) in [6, 6.07) is 59.2. The minimum Gasteiger partial charge on any atom is -0.436 e. The number of oxazole rings is 1. The van der Waals surface area contributed by atoms with Crippen LogP contribution in [0.3, 0.4) is 0 Å². The molecule has 268 valence electrons. The van der Waals surface area contributed by atoms with Crippen LogP contribution in [-0.4, -0.2) is 14.5 Å². The van der Waals surface area contributed by atoms with E-state index in [0.29, 0.717) is 11.8 Å². The first-order valence-electron chi connectivity index (χ1n) is 19.8. The average Bonchev–Trinajstić information content (AvgIpc) is 3.87. The minimum absolute atomic E-state index is 0.512. The molecule has 0 spiro atoms. The second kappa shape index (κ2) is 13.5. The molecule has 10 aromatic rings. The number of aromatic nitrogens is 3. The fraction of sp³-hybridized carbons (Fsp3) is 0.115. The number of nitrogens with zero attached hydrogens (tertiary/aromatic N) is 3. The van der Waals surface area contributed by atoms with Crippen LogP contribution in [0.4, 0.5) is 0 Å². The maximum absolute atomic E-state index is 6.65. The predicted molar refractivity (Wildman–Crippen MR) is 231 cm³/mol. The van der Waals surface area contributed by atoms with Gasteiger partial charge in [-0.3, -0.25) is 4.98 Å². The molecule has 1 fully saturated rings. The monoisotopic (exact) mass is 721 g/mol. The summed E-state index contributed by atoms with van der Waals surface area (Å²) in [5.74, 6) is 1.09. The van der Waals surface area contributed by atoms with Crippen molar-refractivity contribution in [2.75, 3.05) is 0 Å². The van der Waals surface area contributed by atoms with Gasteiger partial charge in [-0.25, -0.2) is 4.98 Å². The van der Waals surface area contributed by atoms with Crippen molar-refractivity contribution in [3.05, 3.63) is 176 Å². The van der Waals surface area contributed by atoms with Crippen molar-refractivity contribution in [3.8, 4) is 50.5 Å². The van der Waals surface area contributed by atoms with Gasteiger partial charge in [-0.15, -0.1) is 0 Å². The van der Waals surface area contributed by atoms with E-state index < -0.39 is 0 Å². The lowest BCUT2D eigenvalue weighted by Gasteiger charge is -2.26. The van der Waals surface area contributed by atoms with E-state index in [1.54, 1.807) is 0 Å². The second-order valence-electron chi connectivity index (χ2n) is 15.2. The fourth-order valence-corrected chi connectivity index (χ4v) is 9.26. The topological polar surface area (TPSA) is 43.9 Å². The third-order valence-corrected chi connectivity index (χ3v) is 11.9. The van der Waals surface area contributed by atoms with Gasteiger partial charge in [-0.2, -0.15) is 0 Å². The third kappa shape index (κ3) is 5.44. The number of para-hydroxylation sites is 2. The van der Waals surface area contributed by atoms with E-state index in [1.165, 1.54) is 70.7 Å². The molecule has 0 atom stereocenters.